The highest BCUT2D eigenvalue weighted by atomic mass is 35.5. The van der Waals surface area contributed by atoms with Crippen molar-refractivity contribution in [2.45, 2.75) is 18.9 Å². The highest BCUT2D eigenvalue weighted by Gasteiger charge is 2.24. The van der Waals surface area contributed by atoms with Gasteiger partial charge in [0.1, 0.15) is 10.3 Å². The first-order chi connectivity index (χ1) is 6.66. The number of nitrogens with one attached hydrogen (secondary N) is 1. The highest BCUT2D eigenvalue weighted by molar-refractivity contribution is 6.34. The summed E-state index contributed by atoms with van der Waals surface area (Å²) in [6.45, 7) is 0. The van der Waals surface area contributed by atoms with Gasteiger partial charge in [0.15, 0.2) is 0 Å². The van der Waals surface area contributed by atoms with Crippen LogP contribution in [-0.4, -0.2) is 16.9 Å². The van der Waals surface area contributed by atoms with Gasteiger partial charge >= 0.3 is 0 Å². The van der Waals surface area contributed by atoms with E-state index in [0.29, 0.717) is 11.6 Å². The largest absolute Gasteiger partial charge is 0.349 e. The van der Waals surface area contributed by atoms with E-state index < -0.39 is 0 Å². The number of nitrogens with zero attached hydrogens (tertiary/aromatic N) is 1. The molecule has 0 spiro atoms. The molecule has 0 bridgehead atoms. The van der Waals surface area contributed by atoms with Crippen molar-refractivity contribution in [3.05, 3.63) is 28.0 Å². The summed E-state index contributed by atoms with van der Waals surface area (Å²) in [5.74, 6) is -0.179. The molecule has 1 amide bonds. The van der Waals surface area contributed by atoms with Crippen LogP contribution >= 0.6 is 23.2 Å². The number of carbonyl (C=O) groups excluding carboxylic acids is 1. The lowest BCUT2D eigenvalue weighted by Gasteiger charge is -2.04. The van der Waals surface area contributed by atoms with E-state index in [0.717, 1.165) is 12.8 Å². The molecule has 1 aliphatic rings. The van der Waals surface area contributed by atoms with E-state index in [2.05, 4.69) is 10.3 Å². The number of rotatable bonds is 2. The van der Waals surface area contributed by atoms with Crippen molar-refractivity contribution in [1.29, 1.82) is 0 Å². The van der Waals surface area contributed by atoms with E-state index in [-0.39, 0.29) is 16.2 Å². The van der Waals surface area contributed by atoms with Gasteiger partial charge in [-0.1, -0.05) is 23.2 Å². The van der Waals surface area contributed by atoms with Crippen molar-refractivity contribution < 1.29 is 4.79 Å². The Hall–Kier alpha value is -0.800. The fourth-order valence-corrected chi connectivity index (χ4v) is 1.50. The Labute approximate surface area is 91.4 Å². The molecule has 0 aliphatic heterocycles. The first kappa shape index (κ1) is 9.74. The zero-order chi connectivity index (χ0) is 10.1. The molecule has 1 heterocycles. The second-order valence-corrected chi connectivity index (χ2v) is 3.97. The van der Waals surface area contributed by atoms with Crippen LogP contribution in [0.2, 0.25) is 10.3 Å². The molecule has 2 rings (SSSR count). The van der Waals surface area contributed by atoms with Gasteiger partial charge in [0.25, 0.3) is 5.91 Å². The first-order valence-corrected chi connectivity index (χ1v) is 5.05. The van der Waals surface area contributed by atoms with Gasteiger partial charge in [0.2, 0.25) is 0 Å². The molecule has 1 aromatic heterocycles. The zero-order valence-corrected chi connectivity index (χ0v) is 8.77. The number of amides is 1. The monoisotopic (exact) mass is 230 g/mol. The summed E-state index contributed by atoms with van der Waals surface area (Å²) in [5.41, 5.74) is 0.378. The van der Waals surface area contributed by atoms with Crippen LogP contribution in [0.25, 0.3) is 0 Å². The molecule has 5 heteroatoms. The summed E-state index contributed by atoms with van der Waals surface area (Å²) < 4.78 is 0. The minimum Gasteiger partial charge on any atom is -0.349 e. The highest BCUT2D eigenvalue weighted by Crippen LogP contribution is 2.21. The smallest absolute Gasteiger partial charge is 0.254 e. The molecule has 1 aliphatic carbocycles. The molecule has 0 saturated heterocycles. The second kappa shape index (κ2) is 3.75. The molecule has 1 N–H and O–H groups in total. The van der Waals surface area contributed by atoms with Crippen molar-refractivity contribution in [2.24, 2.45) is 0 Å². The standard InChI is InChI=1S/C9H8Cl2N2O/c10-7-4-3-6(8(11)13-7)9(14)12-5-1-2-5/h3-5H,1-2H2,(H,12,14). The summed E-state index contributed by atoms with van der Waals surface area (Å²) >= 11 is 11.4. The molecule has 0 unspecified atom stereocenters. The Morgan fingerprint density at radius 1 is 1.43 bits per heavy atom. The molecule has 1 aromatic rings. The van der Waals surface area contributed by atoms with E-state index in [1.165, 1.54) is 0 Å². The fourth-order valence-electron chi connectivity index (χ4n) is 1.07. The maximum Gasteiger partial charge on any atom is 0.254 e. The maximum absolute atomic E-state index is 11.5. The van der Waals surface area contributed by atoms with Crippen molar-refractivity contribution in [2.75, 3.05) is 0 Å². The Morgan fingerprint density at radius 2 is 2.14 bits per heavy atom. The lowest BCUT2D eigenvalue weighted by atomic mass is 10.2. The van der Waals surface area contributed by atoms with Crippen LogP contribution in [0.4, 0.5) is 0 Å². The molecule has 0 radical (unpaired) electrons. The number of hydrogen-bond acceptors (Lipinski definition) is 2. The Kier molecular flexibility index (Phi) is 2.61. The van der Waals surface area contributed by atoms with Gasteiger partial charge in [-0.3, -0.25) is 4.79 Å². The number of pyridine rings is 1. The van der Waals surface area contributed by atoms with E-state index in [1.807, 2.05) is 0 Å². The van der Waals surface area contributed by atoms with Crippen LogP contribution in [0, 0.1) is 0 Å². The minimum absolute atomic E-state index is 0.149. The minimum atomic E-state index is -0.179. The third-order valence-electron chi connectivity index (χ3n) is 1.97. The summed E-state index contributed by atoms with van der Waals surface area (Å²) in [6, 6.07) is 3.44. The topological polar surface area (TPSA) is 42.0 Å². The summed E-state index contributed by atoms with van der Waals surface area (Å²) in [4.78, 5) is 15.3. The molecular formula is C9H8Cl2N2O. The Bertz CT molecular complexity index is 377. The lowest BCUT2D eigenvalue weighted by molar-refractivity contribution is 0.0951. The third-order valence-corrected chi connectivity index (χ3v) is 2.47. The summed E-state index contributed by atoms with van der Waals surface area (Å²) in [7, 11) is 0. The van der Waals surface area contributed by atoms with Crippen LogP contribution in [0.15, 0.2) is 12.1 Å². The van der Waals surface area contributed by atoms with E-state index in [1.54, 1.807) is 12.1 Å². The maximum atomic E-state index is 11.5. The van der Waals surface area contributed by atoms with Gasteiger partial charge in [0.05, 0.1) is 5.56 Å². The zero-order valence-electron chi connectivity index (χ0n) is 7.26. The fraction of sp³-hybridized carbons (Fsp3) is 0.333. The normalized spacial score (nSPS) is 15.3. The Balaban J connectivity index is 2.17. The molecule has 1 saturated carbocycles. The van der Waals surface area contributed by atoms with Gasteiger partial charge in [-0.25, -0.2) is 4.98 Å². The van der Waals surface area contributed by atoms with Crippen LogP contribution in [0.1, 0.15) is 23.2 Å². The van der Waals surface area contributed by atoms with Crippen molar-refractivity contribution in [3.63, 3.8) is 0 Å². The van der Waals surface area contributed by atoms with Crippen molar-refractivity contribution in [3.8, 4) is 0 Å². The predicted molar refractivity (Wildman–Crippen MR) is 54.7 cm³/mol. The molecule has 3 nitrogen and oxygen atoms in total. The average molecular weight is 231 g/mol. The van der Waals surface area contributed by atoms with Gasteiger partial charge in [0, 0.05) is 6.04 Å². The number of hydrogen-bond donors (Lipinski definition) is 1. The summed E-state index contributed by atoms with van der Waals surface area (Å²) in [5, 5.41) is 3.26. The first-order valence-electron chi connectivity index (χ1n) is 4.30. The van der Waals surface area contributed by atoms with Crippen LogP contribution < -0.4 is 5.32 Å². The number of aromatic nitrogens is 1. The van der Waals surface area contributed by atoms with Gasteiger partial charge in [-0.2, -0.15) is 0 Å². The number of halogens is 2. The second-order valence-electron chi connectivity index (χ2n) is 3.22. The molecule has 74 valence electrons. The van der Waals surface area contributed by atoms with Gasteiger partial charge < -0.3 is 5.32 Å². The SMILES string of the molecule is O=C(NC1CC1)c1ccc(Cl)nc1Cl. The molecule has 0 aromatic carbocycles. The lowest BCUT2D eigenvalue weighted by Crippen LogP contribution is -2.25. The van der Waals surface area contributed by atoms with Crippen molar-refractivity contribution in [1.82, 2.24) is 10.3 Å². The summed E-state index contributed by atoms with van der Waals surface area (Å²) in [6.07, 6.45) is 2.09. The number of carbonyl (C=O) groups is 1. The average Bonchev–Trinajstić information content (AvgIpc) is 2.87. The Morgan fingerprint density at radius 3 is 2.71 bits per heavy atom. The van der Waals surface area contributed by atoms with Crippen LogP contribution in [0.5, 0.6) is 0 Å². The van der Waals surface area contributed by atoms with Gasteiger partial charge in [-0.15, -0.1) is 0 Å². The van der Waals surface area contributed by atoms with Crippen LogP contribution in [-0.2, 0) is 0 Å². The van der Waals surface area contributed by atoms with E-state index >= 15 is 0 Å². The molecule has 14 heavy (non-hydrogen) atoms. The molecular weight excluding hydrogens is 223 g/mol. The predicted octanol–water partition coefficient (Wildman–Crippen LogP) is 2.28. The van der Waals surface area contributed by atoms with Crippen molar-refractivity contribution >= 4 is 29.1 Å². The molecule has 0 atom stereocenters. The van der Waals surface area contributed by atoms with Gasteiger partial charge in [-0.05, 0) is 25.0 Å². The quantitative estimate of drug-likeness (QED) is 0.793. The van der Waals surface area contributed by atoms with E-state index in [4.69, 9.17) is 23.2 Å². The van der Waals surface area contributed by atoms with Crippen LogP contribution in [0.3, 0.4) is 0 Å². The molecule has 1 fully saturated rings. The van der Waals surface area contributed by atoms with E-state index in [9.17, 15) is 4.79 Å². The third kappa shape index (κ3) is 2.16.